The Morgan fingerprint density at radius 1 is 1.04 bits per heavy atom. The zero-order valence-corrected chi connectivity index (χ0v) is 15.6. The summed E-state index contributed by atoms with van der Waals surface area (Å²) in [6.07, 6.45) is 1.61. The van der Waals surface area contributed by atoms with Gasteiger partial charge in [0.05, 0.1) is 24.8 Å². The van der Waals surface area contributed by atoms with Gasteiger partial charge in [-0.1, -0.05) is 30.0 Å². The second-order valence-corrected chi connectivity index (χ2v) is 6.98. The maximum atomic E-state index is 12.8. The van der Waals surface area contributed by atoms with Gasteiger partial charge in [0.15, 0.2) is 27.3 Å². The van der Waals surface area contributed by atoms with Crippen molar-refractivity contribution < 1.29 is 24.5 Å². The number of hydrogen-bond donors (Lipinski definition) is 2. The van der Waals surface area contributed by atoms with Gasteiger partial charge in [0.2, 0.25) is 0 Å². The third-order valence-electron chi connectivity index (χ3n) is 3.72. The Bertz CT molecular complexity index is 926. The van der Waals surface area contributed by atoms with E-state index in [1.54, 1.807) is 30.3 Å². The minimum atomic E-state index is -0.278. The smallest absolute Gasteiger partial charge is 0.270 e. The fourth-order valence-corrected chi connectivity index (χ4v) is 3.73. The first-order valence-corrected chi connectivity index (χ1v) is 8.69. The highest BCUT2D eigenvalue weighted by Crippen LogP contribution is 2.39. The van der Waals surface area contributed by atoms with Crippen molar-refractivity contribution in [1.82, 2.24) is 0 Å². The quantitative estimate of drug-likeness (QED) is 0.470. The summed E-state index contributed by atoms with van der Waals surface area (Å²) in [6.45, 7) is 0. The minimum Gasteiger partial charge on any atom is -0.504 e. The van der Waals surface area contributed by atoms with Crippen molar-refractivity contribution in [3.05, 3.63) is 46.9 Å². The van der Waals surface area contributed by atoms with Crippen LogP contribution >= 0.6 is 24.0 Å². The molecule has 2 N–H and O–H groups in total. The molecule has 1 heterocycles. The highest BCUT2D eigenvalue weighted by atomic mass is 32.2. The molecular formula is C18H15NO5S2. The van der Waals surface area contributed by atoms with E-state index >= 15 is 0 Å². The van der Waals surface area contributed by atoms with Crippen LogP contribution in [0.15, 0.2) is 41.3 Å². The van der Waals surface area contributed by atoms with Crippen LogP contribution in [-0.2, 0) is 4.79 Å². The highest BCUT2D eigenvalue weighted by Gasteiger charge is 2.33. The molecule has 2 aromatic rings. The second kappa shape index (κ2) is 7.27. The van der Waals surface area contributed by atoms with E-state index in [9.17, 15) is 15.0 Å². The van der Waals surface area contributed by atoms with Crippen molar-refractivity contribution in [2.24, 2.45) is 0 Å². The summed E-state index contributed by atoms with van der Waals surface area (Å²) in [5, 5.41) is 19.0. The van der Waals surface area contributed by atoms with E-state index in [0.29, 0.717) is 32.0 Å². The van der Waals surface area contributed by atoms with Crippen LogP contribution in [0.2, 0.25) is 0 Å². The number of hydrogen-bond acceptors (Lipinski definition) is 7. The normalized spacial score (nSPS) is 15.6. The number of thiocarbonyl (C=S) groups is 1. The predicted octanol–water partition coefficient (Wildman–Crippen LogP) is 3.52. The highest BCUT2D eigenvalue weighted by molar-refractivity contribution is 8.27. The Hall–Kier alpha value is -2.71. The molecule has 8 heteroatoms. The van der Waals surface area contributed by atoms with Crippen LogP contribution in [0.5, 0.6) is 23.0 Å². The number of benzene rings is 2. The minimum absolute atomic E-state index is 0.222. The molecule has 0 bridgehead atoms. The number of aromatic hydroxyl groups is 2. The van der Waals surface area contributed by atoms with Crippen LogP contribution in [0.4, 0.5) is 5.69 Å². The number of rotatable bonds is 4. The summed E-state index contributed by atoms with van der Waals surface area (Å²) >= 11 is 6.50. The summed E-state index contributed by atoms with van der Waals surface area (Å²) in [7, 11) is 3.05. The SMILES string of the molecule is COc1ccc(N2C(=O)C(=Cc3ccc(O)c(O)c3)SC2=S)cc1OC. The summed E-state index contributed by atoms with van der Waals surface area (Å²) in [4.78, 5) is 14.6. The molecular weight excluding hydrogens is 374 g/mol. The summed E-state index contributed by atoms with van der Waals surface area (Å²) in [5.74, 6) is 0.289. The van der Waals surface area contributed by atoms with Gasteiger partial charge in [-0.05, 0) is 35.9 Å². The molecule has 134 valence electrons. The molecule has 0 unspecified atom stereocenters. The van der Waals surface area contributed by atoms with Crippen LogP contribution in [0.1, 0.15) is 5.56 Å². The number of phenols is 2. The maximum Gasteiger partial charge on any atom is 0.270 e. The zero-order valence-electron chi connectivity index (χ0n) is 13.9. The van der Waals surface area contributed by atoms with Gasteiger partial charge in [-0.3, -0.25) is 9.69 Å². The molecule has 0 saturated carbocycles. The fraction of sp³-hybridized carbons (Fsp3) is 0.111. The van der Waals surface area contributed by atoms with Gasteiger partial charge in [0.25, 0.3) is 5.91 Å². The molecule has 0 atom stereocenters. The molecule has 0 aromatic heterocycles. The van der Waals surface area contributed by atoms with E-state index in [1.165, 1.54) is 31.3 Å². The number of amides is 1. The molecule has 1 fully saturated rings. The molecule has 26 heavy (non-hydrogen) atoms. The van der Waals surface area contributed by atoms with Gasteiger partial charge in [0.1, 0.15) is 0 Å². The Balaban J connectivity index is 1.94. The first-order valence-electron chi connectivity index (χ1n) is 7.46. The van der Waals surface area contributed by atoms with Gasteiger partial charge in [-0.15, -0.1) is 0 Å². The average Bonchev–Trinajstić information content (AvgIpc) is 2.91. The number of anilines is 1. The van der Waals surface area contributed by atoms with Gasteiger partial charge >= 0.3 is 0 Å². The molecule has 1 aliphatic heterocycles. The van der Waals surface area contributed by atoms with Crippen molar-refractivity contribution in [2.45, 2.75) is 0 Å². The average molecular weight is 389 g/mol. The van der Waals surface area contributed by atoms with Crippen LogP contribution in [-0.4, -0.2) is 34.7 Å². The Labute approximate surface area is 159 Å². The summed E-state index contributed by atoms with van der Waals surface area (Å²) in [6, 6.07) is 9.43. The lowest BCUT2D eigenvalue weighted by Crippen LogP contribution is -2.27. The molecule has 0 aliphatic carbocycles. The molecule has 1 saturated heterocycles. The predicted molar refractivity (Wildman–Crippen MR) is 105 cm³/mol. The van der Waals surface area contributed by atoms with Crippen molar-refractivity contribution in [3.8, 4) is 23.0 Å². The number of methoxy groups -OCH3 is 2. The van der Waals surface area contributed by atoms with Crippen LogP contribution in [0, 0.1) is 0 Å². The maximum absolute atomic E-state index is 12.8. The van der Waals surface area contributed by atoms with Gasteiger partial charge in [-0.25, -0.2) is 0 Å². The first-order chi connectivity index (χ1) is 12.4. The van der Waals surface area contributed by atoms with Crippen molar-refractivity contribution in [2.75, 3.05) is 19.1 Å². The Morgan fingerprint density at radius 3 is 2.42 bits per heavy atom. The Morgan fingerprint density at radius 2 is 1.77 bits per heavy atom. The number of carbonyl (C=O) groups is 1. The third kappa shape index (κ3) is 3.33. The molecule has 3 rings (SSSR count). The molecule has 1 amide bonds. The van der Waals surface area contributed by atoms with E-state index in [0.717, 1.165) is 11.8 Å². The lowest BCUT2D eigenvalue weighted by atomic mass is 10.2. The van der Waals surface area contributed by atoms with Crippen molar-refractivity contribution in [3.63, 3.8) is 0 Å². The molecule has 1 aliphatic rings. The largest absolute Gasteiger partial charge is 0.504 e. The van der Waals surface area contributed by atoms with Crippen LogP contribution in [0.3, 0.4) is 0 Å². The fourth-order valence-electron chi connectivity index (χ4n) is 2.44. The summed E-state index contributed by atoms with van der Waals surface area (Å²) in [5.41, 5.74) is 1.15. The van der Waals surface area contributed by atoms with Crippen LogP contribution in [0.25, 0.3) is 6.08 Å². The second-order valence-electron chi connectivity index (χ2n) is 5.30. The van der Waals surface area contributed by atoms with E-state index in [2.05, 4.69) is 0 Å². The number of thioether (sulfide) groups is 1. The van der Waals surface area contributed by atoms with E-state index in [-0.39, 0.29) is 17.4 Å². The summed E-state index contributed by atoms with van der Waals surface area (Å²) < 4.78 is 10.9. The number of nitrogens with zero attached hydrogens (tertiary/aromatic N) is 1. The lowest BCUT2D eigenvalue weighted by Gasteiger charge is -2.16. The first kappa shape index (κ1) is 18.1. The third-order valence-corrected chi connectivity index (χ3v) is 5.02. The standard InChI is InChI=1S/C18H15NO5S2/c1-23-14-6-4-11(9-15(14)24-2)19-17(22)16(26-18(19)25)8-10-3-5-12(20)13(21)7-10/h3-9,20-21H,1-2H3. The molecule has 0 radical (unpaired) electrons. The molecule has 0 spiro atoms. The monoisotopic (exact) mass is 389 g/mol. The van der Waals surface area contributed by atoms with Gasteiger partial charge in [-0.2, -0.15) is 0 Å². The Kier molecular flexibility index (Phi) is 5.06. The number of ether oxygens (including phenoxy) is 2. The van der Waals surface area contributed by atoms with E-state index in [4.69, 9.17) is 21.7 Å². The van der Waals surface area contributed by atoms with Gasteiger partial charge < -0.3 is 19.7 Å². The van der Waals surface area contributed by atoms with E-state index in [1.807, 2.05) is 0 Å². The lowest BCUT2D eigenvalue weighted by molar-refractivity contribution is -0.113. The number of phenolic OH excluding ortho intramolecular Hbond substituents is 2. The van der Waals surface area contributed by atoms with Crippen molar-refractivity contribution in [1.29, 1.82) is 0 Å². The van der Waals surface area contributed by atoms with Crippen molar-refractivity contribution >= 4 is 46.0 Å². The topological polar surface area (TPSA) is 79.2 Å². The van der Waals surface area contributed by atoms with E-state index < -0.39 is 0 Å². The zero-order chi connectivity index (χ0) is 18.8. The molecule has 2 aromatic carbocycles. The number of carbonyl (C=O) groups excluding carboxylic acids is 1. The van der Waals surface area contributed by atoms with Crippen LogP contribution < -0.4 is 14.4 Å². The molecule has 6 nitrogen and oxygen atoms in total. The van der Waals surface area contributed by atoms with Gasteiger partial charge in [0, 0.05) is 6.07 Å².